The van der Waals surface area contributed by atoms with Crippen molar-refractivity contribution in [2.24, 2.45) is 9.39 Å². The molecular weight excluding hydrogens is 334 g/mol. The molecule has 96 valence electrons. The molecule has 0 aliphatic carbocycles. The van der Waals surface area contributed by atoms with Crippen LogP contribution in [0.1, 0.15) is 0 Å². The van der Waals surface area contributed by atoms with Gasteiger partial charge in [0.1, 0.15) is 11.8 Å². The Morgan fingerprint density at radius 2 is 2.06 bits per heavy atom. The Labute approximate surface area is 124 Å². The highest BCUT2D eigenvalue weighted by molar-refractivity contribution is 8.78. The summed E-state index contributed by atoms with van der Waals surface area (Å²) in [6.07, 6.45) is 3.28. The van der Waals surface area contributed by atoms with E-state index in [0.717, 1.165) is 11.8 Å². The zero-order valence-electron chi connectivity index (χ0n) is 9.17. The van der Waals surface area contributed by atoms with Crippen molar-refractivity contribution >= 4 is 71.3 Å². The number of rotatable bonds is 0. The third-order valence-electron chi connectivity index (χ3n) is 1.33. The third-order valence-corrected chi connectivity index (χ3v) is 4.40. The summed E-state index contributed by atoms with van der Waals surface area (Å²) in [7, 11) is 1.85. The molecule has 0 radical (unpaired) electrons. The standard InChI is InChI=1S/C6ClN3OS3.C2H6OS/c7-5-4(13-14-10-5)3-6(11)12-2(1-8)9-3;1-4(2)3/h;1-2H3/b4-3+;. The van der Waals surface area contributed by atoms with E-state index < -0.39 is 10.8 Å². The molecule has 0 aromatic carbocycles. The summed E-state index contributed by atoms with van der Waals surface area (Å²) < 4.78 is 13.4. The highest BCUT2D eigenvalue weighted by atomic mass is 35.5. The molecule has 0 N–H and O–H groups in total. The van der Waals surface area contributed by atoms with Crippen LogP contribution in [0.3, 0.4) is 0 Å². The van der Waals surface area contributed by atoms with Gasteiger partial charge in [0.25, 0.3) is 0 Å². The number of hydrogen-bond donors (Lipinski definition) is 0. The molecule has 2 aliphatic heterocycles. The molecule has 5 nitrogen and oxygen atoms in total. The van der Waals surface area contributed by atoms with E-state index in [0.29, 0.717) is 4.91 Å². The van der Waals surface area contributed by atoms with Crippen LogP contribution in [0.2, 0.25) is 0 Å². The molecule has 2 heterocycles. The number of carbonyl (C=O) groups excluding carboxylic acids is 1. The van der Waals surface area contributed by atoms with Gasteiger partial charge in [0, 0.05) is 23.3 Å². The first-order chi connectivity index (χ1) is 8.45. The van der Waals surface area contributed by atoms with E-state index in [1.54, 1.807) is 12.5 Å². The molecule has 0 fully saturated rings. The lowest BCUT2D eigenvalue weighted by molar-refractivity contribution is -0.107. The maximum absolute atomic E-state index is 11.4. The molecule has 2 rings (SSSR count). The highest BCUT2D eigenvalue weighted by Gasteiger charge is 2.29. The first-order valence-electron chi connectivity index (χ1n) is 4.23. The van der Waals surface area contributed by atoms with Crippen LogP contribution in [0.25, 0.3) is 0 Å². The predicted octanol–water partition coefficient (Wildman–Crippen LogP) is 2.34. The Morgan fingerprint density at radius 1 is 1.44 bits per heavy atom. The van der Waals surface area contributed by atoms with Gasteiger partial charge >= 0.3 is 0 Å². The molecular formula is C8H6ClN3O2S4. The van der Waals surface area contributed by atoms with E-state index in [2.05, 4.69) is 9.39 Å². The number of hydrogen-bond acceptors (Lipinski definition) is 8. The highest BCUT2D eigenvalue weighted by Crippen LogP contribution is 2.44. The second-order valence-electron chi connectivity index (χ2n) is 2.88. The van der Waals surface area contributed by atoms with Crippen LogP contribution in [-0.4, -0.2) is 32.1 Å². The van der Waals surface area contributed by atoms with Crippen LogP contribution in [0.4, 0.5) is 0 Å². The summed E-state index contributed by atoms with van der Waals surface area (Å²) in [5.41, 5.74) is 0.232. The smallest absolute Gasteiger partial charge is 0.246 e. The predicted molar refractivity (Wildman–Crippen MR) is 81.1 cm³/mol. The fraction of sp³-hybridized carbons (Fsp3) is 0.250. The van der Waals surface area contributed by atoms with Crippen molar-refractivity contribution in [3.05, 3.63) is 10.6 Å². The number of nitrogens with zero attached hydrogens (tertiary/aromatic N) is 3. The van der Waals surface area contributed by atoms with Gasteiger partial charge in [0.05, 0.1) is 15.9 Å². The largest absolute Gasteiger partial charge is 0.279 e. The van der Waals surface area contributed by atoms with Gasteiger partial charge in [0.2, 0.25) is 5.12 Å². The zero-order chi connectivity index (χ0) is 13.7. The fourth-order valence-electron chi connectivity index (χ4n) is 0.799. The quantitative estimate of drug-likeness (QED) is 0.382. The van der Waals surface area contributed by atoms with Crippen molar-refractivity contribution in [2.45, 2.75) is 0 Å². The van der Waals surface area contributed by atoms with Crippen molar-refractivity contribution in [1.82, 2.24) is 0 Å². The van der Waals surface area contributed by atoms with Gasteiger partial charge in [-0.15, -0.1) is 0 Å². The minimum absolute atomic E-state index is 0.152. The molecule has 0 bridgehead atoms. The summed E-state index contributed by atoms with van der Waals surface area (Å²) in [6, 6.07) is 1.82. The molecule has 0 aromatic rings. The molecule has 0 saturated heterocycles. The van der Waals surface area contributed by atoms with Crippen molar-refractivity contribution in [3.8, 4) is 6.07 Å². The molecule has 0 saturated carbocycles. The monoisotopic (exact) mass is 339 g/mol. The second kappa shape index (κ2) is 7.35. The zero-order valence-corrected chi connectivity index (χ0v) is 13.2. The van der Waals surface area contributed by atoms with Crippen LogP contribution in [-0.2, 0) is 15.6 Å². The van der Waals surface area contributed by atoms with Crippen LogP contribution >= 0.6 is 45.1 Å². The van der Waals surface area contributed by atoms with Gasteiger partial charge in [-0.1, -0.05) is 11.6 Å². The van der Waals surface area contributed by atoms with Crippen LogP contribution in [0.15, 0.2) is 20.0 Å². The van der Waals surface area contributed by atoms with Crippen LogP contribution < -0.4 is 0 Å². The van der Waals surface area contributed by atoms with E-state index >= 15 is 0 Å². The number of nitriles is 1. The van der Waals surface area contributed by atoms with E-state index in [9.17, 15) is 9.00 Å². The Kier molecular flexibility index (Phi) is 6.45. The lowest BCUT2D eigenvalue weighted by Crippen LogP contribution is -1.95. The summed E-state index contributed by atoms with van der Waals surface area (Å²) in [5, 5.41) is 8.73. The van der Waals surface area contributed by atoms with Crippen molar-refractivity contribution in [2.75, 3.05) is 12.5 Å². The number of aliphatic imine (C=N–C) groups is 1. The number of carbonyl (C=O) groups is 1. The molecule has 0 atom stereocenters. The Hall–Kier alpha value is -0.270. The third kappa shape index (κ3) is 4.44. The lowest BCUT2D eigenvalue weighted by Gasteiger charge is -1.94. The molecule has 18 heavy (non-hydrogen) atoms. The van der Waals surface area contributed by atoms with Gasteiger partial charge < -0.3 is 0 Å². The normalized spacial score (nSPS) is 22.3. The molecule has 0 aromatic heterocycles. The van der Waals surface area contributed by atoms with Crippen LogP contribution in [0, 0.1) is 11.3 Å². The lowest BCUT2D eigenvalue weighted by atomic mass is 10.4. The Balaban J connectivity index is 0.000000357. The molecule has 0 unspecified atom stereocenters. The average molecular weight is 340 g/mol. The van der Waals surface area contributed by atoms with Crippen LogP contribution in [0.5, 0.6) is 0 Å². The van der Waals surface area contributed by atoms with Crippen molar-refractivity contribution in [3.63, 3.8) is 0 Å². The summed E-state index contributed by atoms with van der Waals surface area (Å²) in [4.78, 5) is 15.8. The van der Waals surface area contributed by atoms with Gasteiger partial charge in [-0.05, 0) is 22.6 Å². The first kappa shape index (κ1) is 15.8. The number of halogens is 1. The van der Waals surface area contributed by atoms with Gasteiger partial charge in [0.15, 0.2) is 10.2 Å². The maximum atomic E-state index is 11.4. The van der Waals surface area contributed by atoms with Crippen molar-refractivity contribution in [1.29, 1.82) is 5.26 Å². The van der Waals surface area contributed by atoms with Gasteiger partial charge in [-0.25, -0.2) is 4.99 Å². The van der Waals surface area contributed by atoms with Gasteiger partial charge in [-0.3, -0.25) is 9.00 Å². The van der Waals surface area contributed by atoms with Crippen molar-refractivity contribution < 1.29 is 9.00 Å². The summed E-state index contributed by atoms with van der Waals surface area (Å²) >= 11 is 6.57. The first-order valence-corrected chi connectivity index (χ1v) is 9.50. The summed E-state index contributed by atoms with van der Waals surface area (Å²) in [5.74, 6) is 0. The molecule has 2 aliphatic rings. The van der Waals surface area contributed by atoms with E-state index in [-0.39, 0.29) is 21.0 Å². The molecule has 10 heteroatoms. The van der Waals surface area contributed by atoms with E-state index in [1.807, 2.05) is 6.07 Å². The van der Waals surface area contributed by atoms with E-state index in [1.165, 1.54) is 21.8 Å². The number of allylic oxidation sites excluding steroid dienone is 1. The topological polar surface area (TPSA) is 82.7 Å². The fourth-order valence-corrected chi connectivity index (χ4v) is 3.73. The maximum Gasteiger partial charge on any atom is 0.246 e. The van der Waals surface area contributed by atoms with E-state index in [4.69, 9.17) is 16.9 Å². The minimum Gasteiger partial charge on any atom is -0.279 e. The Morgan fingerprint density at radius 3 is 2.44 bits per heavy atom. The Bertz CT molecular complexity index is 531. The SMILES string of the molecule is CS(C)=O.N#CC1=N/C(=C2/SSN=C2Cl)C(=O)S1. The van der Waals surface area contributed by atoms with Gasteiger partial charge in [-0.2, -0.15) is 9.66 Å². The molecule has 0 amide bonds. The second-order valence-corrected chi connectivity index (χ2v) is 7.53. The average Bonchev–Trinajstić information content (AvgIpc) is 2.83. The molecule has 0 spiro atoms. The summed E-state index contributed by atoms with van der Waals surface area (Å²) in [6.45, 7) is 0. The minimum atomic E-state index is -0.611. The number of thioether (sulfide) groups is 1.